The molecule has 0 radical (unpaired) electrons. The highest BCUT2D eigenvalue weighted by atomic mass is 16.5. The number of hydrogen-bond acceptors (Lipinski definition) is 4. The summed E-state index contributed by atoms with van der Waals surface area (Å²) < 4.78 is 5.48. The Morgan fingerprint density at radius 1 is 1.27 bits per heavy atom. The number of aliphatic hydroxyl groups is 2. The molecule has 0 aromatic carbocycles. The van der Waals surface area contributed by atoms with E-state index in [-0.39, 0.29) is 28.8 Å². The highest BCUT2D eigenvalue weighted by Gasteiger charge is 2.56. The van der Waals surface area contributed by atoms with Crippen LogP contribution >= 0.6 is 0 Å². The van der Waals surface area contributed by atoms with E-state index < -0.39 is 6.10 Å². The summed E-state index contributed by atoms with van der Waals surface area (Å²) in [5, 5.41) is 19.7. The number of rotatable bonds is 4. The molecule has 2 saturated carbocycles. The van der Waals surface area contributed by atoms with Gasteiger partial charge in [0.25, 0.3) is 0 Å². The maximum Gasteiger partial charge on any atom is 0.302 e. The summed E-state index contributed by atoms with van der Waals surface area (Å²) in [5.41, 5.74) is 1.49. The molecule has 3 rings (SSSR count). The lowest BCUT2D eigenvalue weighted by molar-refractivity contribution is -0.153. The molecule has 0 unspecified atom stereocenters. The molecule has 0 spiro atoms. The second-order valence-corrected chi connectivity index (χ2v) is 9.90. The molecular formula is C22H36O4. The molecule has 4 nitrogen and oxygen atoms in total. The molecule has 2 fully saturated rings. The molecule has 3 aliphatic carbocycles. The highest BCUT2D eigenvalue weighted by molar-refractivity contribution is 5.65. The van der Waals surface area contributed by atoms with Gasteiger partial charge in [0.2, 0.25) is 0 Å². The summed E-state index contributed by atoms with van der Waals surface area (Å²) in [6, 6.07) is 0. The maximum absolute atomic E-state index is 11.4. The second kappa shape index (κ2) is 6.94. The second-order valence-electron chi connectivity index (χ2n) is 9.90. The van der Waals surface area contributed by atoms with Crippen molar-refractivity contribution in [2.24, 2.45) is 28.1 Å². The SMILES string of the molecule is CC(=O)OC[C@@]1(C)CCC[C@@]2(C)[C@@H]3CC[C@](C)([C@H](O)CO)C=C3CC[C@H]12. The molecule has 0 aromatic heterocycles. The van der Waals surface area contributed by atoms with Crippen LogP contribution in [-0.4, -0.2) is 35.5 Å². The number of aliphatic hydroxyl groups excluding tert-OH is 2. The first kappa shape index (κ1) is 19.9. The van der Waals surface area contributed by atoms with Crippen LogP contribution in [-0.2, 0) is 9.53 Å². The summed E-state index contributed by atoms with van der Waals surface area (Å²) in [6.45, 7) is 8.71. The minimum Gasteiger partial charge on any atom is -0.465 e. The zero-order valence-corrected chi connectivity index (χ0v) is 16.9. The van der Waals surface area contributed by atoms with Crippen LogP contribution in [0.15, 0.2) is 11.6 Å². The molecule has 3 aliphatic rings. The third kappa shape index (κ3) is 3.24. The van der Waals surface area contributed by atoms with Gasteiger partial charge in [-0.15, -0.1) is 0 Å². The van der Waals surface area contributed by atoms with Gasteiger partial charge in [-0.25, -0.2) is 0 Å². The Hall–Kier alpha value is -0.870. The number of allylic oxidation sites excluding steroid dienone is 1. The number of hydrogen-bond donors (Lipinski definition) is 2. The topological polar surface area (TPSA) is 66.8 Å². The first-order valence-electron chi connectivity index (χ1n) is 10.3. The van der Waals surface area contributed by atoms with E-state index in [0.29, 0.717) is 18.4 Å². The zero-order valence-electron chi connectivity index (χ0n) is 16.9. The Morgan fingerprint density at radius 2 is 2.00 bits per heavy atom. The Labute approximate surface area is 158 Å². The minimum atomic E-state index is -0.679. The third-order valence-electron chi connectivity index (χ3n) is 8.09. The molecule has 0 amide bonds. The highest BCUT2D eigenvalue weighted by Crippen LogP contribution is 2.64. The number of carbonyl (C=O) groups excluding carboxylic acids is 1. The van der Waals surface area contributed by atoms with Gasteiger partial charge in [-0.2, -0.15) is 0 Å². The van der Waals surface area contributed by atoms with Crippen LogP contribution in [0.25, 0.3) is 0 Å². The fourth-order valence-corrected chi connectivity index (χ4v) is 6.57. The quantitative estimate of drug-likeness (QED) is 0.587. The van der Waals surface area contributed by atoms with E-state index in [2.05, 4.69) is 26.8 Å². The van der Waals surface area contributed by atoms with Crippen molar-refractivity contribution in [3.05, 3.63) is 11.6 Å². The predicted octanol–water partition coefficient (Wildman–Crippen LogP) is 3.85. The van der Waals surface area contributed by atoms with Gasteiger partial charge in [0.15, 0.2) is 0 Å². The van der Waals surface area contributed by atoms with Gasteiger partial charge in [-0.3, -0.25) is 4.79 Å². The van der Waals surface area contributed by atoms with Crippen molar-refractivity contribution in [1.29, 1.82) is 0 Å². The maximum atomic E-state index is 11.4. The van der Waals surface area contributed by atoms with Gasteiger partial charge in [0.1, 0.15) is 0 Å². The first-order chi connectivity index (χ1) is 12.1. The fourth-order valence-electron chi connectivity index (χ4n) is 6.57. The summed E-state index contributed by atoms with van der Waals surface area (Å²) in [7, 11) is 0. The molecule has 6 atom stereocenters. The Morgan fingerprint density at radius 3 is 2.65 bits per heavy atom. The average molecular weight is 365 g/mol. The van der Waals surface area contributed by atoms with Gasteiger partial charge in [0.05, 0.1) is 19.3 Å². The van der Waals surface area contributed by atoms with Crippen LogP contribution in [0.4, 0.5) is 0 Å². The molecule has 0 saturated heterocycles. The summed E-state index contributed by atoms with van der Waals surface area (Å²) in [6.07, 6.45) is 9.36. The summed E-state index contributed by atoms with van der Waals surface area (Å²) in [4.78, 5) is 11.4. The monoisotopic (exact) mass is 364 g/mol. The lowest BCUT2D eigenvalue weighted by Crippen LogP contribution is -2.53. The van der Waals surface area contributed by atoms with Gasteiger partial charge in [-0.05, 0) is 55.8 Å². The third-order valence-corrected chi connectivity index (χ3v) is 8.09. The van der Waals surface area contributed by atoms with Crippen molar-refractivity contribution in [3.8, 4) is 0 Å². The van der Waals surface area contributed by atoms with E-state index in [9.17, 15) is 15.0 Å². The zero-order chi connectivity index (χ0) is 19.2. The van der Waals surface area contributed by atoms with Gasteiger partial charge < -0.3 is 14.9 Å². The van der Waals surface area contributed by atoms with Crippen molar-refractivity contribution < 1.29 is 19.7 Å². The normalized spacial score (nSPS) is 43.7. The predicted molar refractivity (Wildman–Crippen MR) is 101 cm³/mol. The van der Waals surface area contributed by atoms with Crippen molar-refractivity contribution >= 4 is 5.97 Å². The fraction of sp³-hybridized carbons (Fsp3) is 0.864. The standard InChI is InChI=1S/C22H36O4/c1-15(24)26-14-21(3)9-5-10-22(4)17-8-11-20(2,19(25)13-23)12-16(17)6-7-18(21)22/h12,17-19,23,25H,5-11,13-14H2,1-4H3/t17-,18-,19-,20+,21-,22+/m1/s1. The molecule has 0 aliphatic heterocycles. The van der Waals surface area contributed by atoms with E-state index in [0.717, 1.165) is 32.1 Å². The summed E-state index contributed by atoms with van der Waals surface area (Å²) >= 11 is 0. The number of ether oxygens (including phenoxy) is 1. The van der Waals surface area contributed by atoms with Crippen LogP contribution in [0, 0.1) is 28.1 Å². The average Bonchev–Trinajstić information content (AvgIpc) is 2.58. The van der Waals surface area contributed by atoms with Crippen LogP contribution in [0.5, 0.6) is 0 Å². The Balaban J connectivity index is 1.87. The van der Waals surface area contributed by atoms with Crippen LogP contribution in [0.2, 0.25) is 0 Å². The Kier molecular flexibility index (Phi) is 5.31. The molecular weight excluding hydrogens is 328 g/mol. The molecule has 0 aromatic rings. The minimum absolute atomic E-state index is 0.0650. The van der Waals surface area contributed by atoms with Gasteiger partial charge >= 0.3 is 5.97 Å². The molecule has 0 bridgehead atoms. The van der Waals surface area contributed by atoms with E-state index in [1.807, 2.05) is 0 Å². The van der Waals surface area contributed by atoms with E-state index in [1.54, 1.807) is 0 Å². The van der Waals surface area contributed by atoms with Crippen molar-refractivity contribution in [3.63, 3.8) is 0 Å². The van der Waals surface area contributed by atoms with E-state index in [4.69, 9.17) is 4.74 Å². The number of esters is 1. The molecule has 148 valence electrons. The van der Waals surface area contributed by atoms with Gasteiger partial charge in [-0.1, -0.05) is 38.8 Å². The number of carbonyl (C=O) groups is 1. The summed E-state index contributed by atoms with van der Waals surface area (Å²) in [5.74, 6) is 0.941. The number of fused-ring (bicyclic) bond motifs is 3. The Bertz CT molecular complexity index is 585. The molecule has 0 heterocycles. The van der Waals surface area contributed by atoms with Gasteiger partial charge in [0, 0.05) is 17.8 Å². The molecule has 2 N–H and O–H groups in total. The lowest BCUT2D eigenvalue weighted by atomic mass is 9.45. The van der Waals surface area contributed by atoms with Crippen LogP contribution in [0.1, 0.15) is 72.6 Å². The van der Waals surface area contributed by atoms with Crippen LogP contribution < -0.4 is 0 Å². The smallest absolute Gasteiger partial charge is 0.302 e. The lowest BCUT2D eigenvalue weighted by Gasteiger charge is -2.60. The largest absolute Gasteiger partial charge is 0.465 e. The molecule has 4 heteroatoms. The molecule has 26 heavy (non-hydrogen) atoms. The van der Waals surface area contributed by atoms with Crippen molar-refractivity contribution in [2.75, 3.05) is 13.2 Å². The van der Waals surface area contributed by atoms with Crippen molar-refractivity contribution in [2.45, 2.75) is 78.7 Å². The first-order valence-corrected chi connectivity index (χ1v) is 10.3. The van der Waals surface area contributed by atoms with Crippen LogP contribution in [0.3, 0.4) is 0 Å². The van der Waals surface area contributed by atoms with E-state index >= 15 is 0 Å². The van der Waals surface area contributed by atoms with Crippen molar-refractivity contribution in [1.82, 2.24) is 0 Å². The van der Waals surface area contributed by atoms with E-state index in [1.165, 1.54) is 25.3 Å².